The number of nitrogens with two attached hydrogens (primary N) is 1. The van der Waals surface area contributed by atoms with Crippen LogP contribution in [0.1, 0.15) is 10.5 Å². The predicted octanol–water partition coefficient (Wildman–Crippen LogP) is -0.172. The summed E-state index contributed by atoms with van der Waals surface area (Å²) in [6.07, 6.45) is 0. The largest absolute Gasteiger partial charge is 0.383 e. The molecule has 0 saturated carbocycles. The number of nitrogens with one attached hydrogen (secondary N) is 2. The molecule has 0 spiro atoms. The van der Waals surface area contributed by atoms with Crippen molar-refractivity contribution in [3.05, 3.63) is 23.9 Å². The number of aromatic nitrogens is 1. The Kier molecular flexibility index (Phi) is 5.98. The van der Waals surface area contributed by atoms with E-state index in [1.807, 2.05) is 0 Å². The highest BCUT2D eigenvalue weighted by atomic mass is 16.5. The van der Waals surface area contributed by atoms with E-state index in [-0.39, 0.29) is 5.69 Å². The van der Waals surface area contributed by atoms with Gasteiger partial charge in [0, 0.05) is 26.7 Å². The lowest BCUT2D eigenvalue weighted by Crippen LogP contribution is -2.25. The van der Waals surface area contributed by atoms with Crippen LogP contribution in [0.4, 0.5) is 5.82 Å². The van der Waals surface area contributed by atoms with Gasteiger partial charge < -0.3 is 21.1 Å². The van der Waals surface area contributed by atoms with Crippen LogP contribution in [-0.2, 0) is 4.74 Å². The molecule has 1 aromatic heterocycles. The average molecular weight is 238 g/mol. The third-order valence-electron chi connectivity index (χ3n) is 2.09. The molecule has 0 bridgehead atoms. The van der Waals surface area contributed by atoms with Gasteiger partial charge in [-0.05, 0) is 12.1 Å². The van der Waals surface area contributed by atoms with Gasteiger partial charge in [0.2, 0.25) is 0 Å². The van der Waals surface area contributed by atoms with Crippen LogP contribution in [0.3, 0.4) is 0 Å². The Morgan fingerprint density at radius 1 is 1.41 bits per heavy atom. The van der Waals surface area contributed by atoms with Crippen molar-refractivity contribution in [3.8, 4) is 0 Å². The molecule has 0 aliphatic heterocycles. The number of hydrogen-bond donors (Lipinski definition) is 3. The Labute approximate surface area is 101 Å². The molecule has 0 atom stereocenters. The van der Waals surface area contributed by atoms with E-state index in [0.717, 1.165) is 19.6 Å². The molecule has 1 heterocycles. The summed E-state index contributed by atoms with van der Waals surface area (Å²) in [7, 11) is 1.67. The van der Waals surface area contributed by atoms with Gasteiger partial charge in [-0.2, -0.15) is 0 Å². The van der Waals surface area contributed by atoms with E-state index in [0.29, 0.717) is 12.4 Å². The van der Waals surface area contributed by atoms with Gasteiger partial charge in [0.25, 0.3) is 5.91 Å². The number of nitrogens with zero attached hydrogens (tertiary/aromatic N) is 1. The zero-order valence-corrected chi connectivity index (χ0v) is 9.90. The molecule has 6 heteroatoms. The van der Waals surface area contributed by atoms with Crippen LogP contribution in [0.15, 0.2) is 18.2 Å². The molecule has 1 rings (SSSR count). The fraction of sp³-hybridized carbons (Fsp3) is 0.455. The predicted molar refractivity (Wildman–Crippen MR) is 66.0 cm³/mol. The quantitative estimate of drug-likeness (QED) is 0.547. The maximum atomic E-state index is 10.9. The fourth-order valence-corrected chi connectivity index (χ4v) is 1.25. The molecule has 0 unspecified atom stereocenters. The number of hydrogen-bond acceptors (Lipinski definition) is 5. The number of methoxy groups -OCH3 is 1. The number of rotatable bonds is 8. The summed E-state index contributed by atoms with van der Waals surface area (Å²) in [6.45, 7) is 3.02. The Morgan fingerprint density at radius 2 is 2.24 bits per heavy atom. The number of pyridine rings is 1. The first-order chi connectivity index (χ1) is 8.24. The smallest absolute Gasteiger partial charge is 0.267 e. The van der Waals surface area contributed by atoms with Crippen molar-refractivity contribution in [2.75, 3.05) is 38.7 Å². The van der Waals surface area contributed by atoms with Crippen LogP contribution in [-0.4, -0.2) is 44.2 Å². The molecule has 0 radical (unpaired) electrons. The Bertz CT molecular complexity index is 357. The van der Waals surface area contributed by atoms with Crippen LogP contribution in [0, 0.1) is 0 Å². The van der Waals surface area contributed by atoms with Gasteiger partial charge in [-0.1, -0.05) is 6.07 Å². The maximum absolute atomic E-state index is 10.9. The SMILES string of the molecule is COCCNCCNc1cccc(C(N)=O)n1. The van der Waals surface area contributed by atoms with E-state index in [9.17, 15) is 4.79 Å². The summed E-state index contributed by atoms with van der Waals surface area (Å²) in [5.74, 6) is 0.127. The number of ether oxygens (including phenoxy) is 1. The molecule has 0 aliphatic carbocycles. The van der Waals surface area contributed by atoms with Gasteiger partial charge in [-0.25, -0.2) is 4.98 Å². The zero-order valence-electron chi connectivity index (χ0n) is 9.90. The topological polar surface area (TPSA) is 89.3 Å². The summed E-state index contributed by atoms with van der Waals surface area (Å²) < 4.78 is 4.90. The highest BCUT2D eigenvalue weighted by molar-refractivity contribution is 5.91. The molecule has 1 aromatic rings. The Morgan fingerprint density at radius 3 is 2.94 bits per heavy atom. The van der Waals surface area contributed by atoms with Gasteiger partial charge in [0.05, 0.1) is 6.61 Å². The van der Waals surface area contributed by atoms with Gasteiger partial charge in [0.1, 0.15) is 11.5 Å². The number of carbonyl (C=O) groups excluding carboxylic acids is 1. The molecule has 0 aromatic carbocycles. The minimum Gasteiger partial charge on any atom is -0.383 e. The van der Waals surface area contributed by atoms with Crippen LogP contribution in [0.25, 0.3) is 0 Å². The molecule has 6 nitrogen and oxygen atoms in total. The molecule has 94 valence electrons. The second-order valence-corrected chi connectivity index (χ2v) is 3.44. The standard InChI is InChI=1S/C11H18N4O2/c1-17-8-7-13-5-6-14-10-4-2-3-9(15-10)11(12)16/h2-4,13H,5-8H2,1H3,(H2,12,16)(H,14,15). The molecule has 1 amide bonds. The first-order valence-corrected chi connectivity index (χ1v) is 5.44. The number of carbonyl (C=O) groups is 1. The number of primary amides is 1. The molecule has 0 aliphatic rings. The van der Waals surface area contributed by atoms with E-state index < -0.39 is 5.91 Å². The number of amides is 1. The van der Waals surface area contributed by atoms with Crippen molar-refractivity contribution < 1.29 is 9.53 Å². The van der Waals surface area contributed by atoms with E-state index in [2.05, 4.69) is 15.6 Å². The molecular weight excluding hydrogens is 220 g/mol. The highest BCUT2D eigenvalue weighted by Crippen LogP contribution is 2.03. The lowest BCUT2D eigenvalue weighted by Gasteiger charge is -2.07. The van der Waals surface area contributed by atoms with Crippen LogP contribution in [0.2, 0.25) is 0 Å². The summed E-state index contributed by atoms with van der Waals surface area (Å²) in [4.78, 5) is 15.0. The third-order valence-corrected chi connectivity index (χ3v) is 2.09. The summed E-state index contributed by atoms with van der Waals surface area (Å²) in [6, 6.07) is 5.12. The molecule has 0 saturated heterocycles. The van der Waals surface area contributed by atoms with Crippen molar-refractivity contribution in [2.24, 2.45) is 5.73 Å². The minimum atomic E-state index is -0.521. The van der Waals surface area contributed by atoms with Crippen molar-refractivity contribution in [2.45, 2.75) is 0 Å². The zero-order chi connectivity index (χ0) is 12.5. The highest BCUT2D eigenvalue weighted by Gasteiger charge is 2.01. The van der Waals surface area contributed by atoms with Gasteiger partial charge in [-0.3, -0.25) is 4.79 Å². The normalized spacial score (nSPS) is 10.2. The van der Waals surface area contributed by atoms with Crippen LogP contribution in [0.5, 0.6) is 0 Å². The Hall–Kier alpha value is -1.66. The van der Waals surface area contributed by atoms with E-state index in [1.54, 1.807) is 25.3 Å². The summed E-state index contributed by atoms with van der Waals surface area (Å²) in [5, 5.41) is 6.28. The van der Waals surface area contributed by atoms with Crippen LogP contribution >= 0.6 is 0 Å². The van der Waals surface area contributed by atoms with Gasteiger partial charge in [-0.15, -0.1) is 0 Å². The van der Waals surface area contributed by atoms with Gasteiger partial charge in [0.15, 0.2) is 0 Å². The number of anilines is 1. The third kappa shape index (κ3) is 5.28. The van der Waals surface area contributed by atoms with Crippen molar-refractivity contribution in [1.29, 1.82) is 0 Å². The molecule has 0 fully saturated rings. The van der Waals surface area contributed by atoms with E-state index >= 15 is 0 Å². The summed E-state index contributed by atoms with van der Waals surface area (Å²) >= 11 is 0. The van der Waals surface area contributed by atoms with Crippen molar-refractivity contribution in [3.63, 3.8) is 0 Å². The fourth-order valence-electron chi connectivity index (χ4n) is 1.25. The summed E-state index contributed by atoms with van der Waals surface area (Å²) in [5.41, 5.74) is 5.40. The van der Waals surface area contributed by atoms with E-state index in [1.165, 1.54) is 0 Å². The molecule has 17 heavy (non-hydrogen) atoms. The van der Waals surface area contributed by atoms with Crippen LogP contribution < -0.4 is 16.4 Å². The lowest BCUT2D eigenvalue weighted by molar-refractivity contribution is 0.0995. The van der Waals surface area contributed by atoms with Gasteiger partial charge >= 0.3 is 0 Å². The average Bonchev–Trinajstić information content (AvgIpc) is 2.34. The molecular formula is C11H18N4O2. The van der Waals surface area contributed by atoms with Crippen molar-refractivity contribution >= 4 is 11.7 Å². The van der Waals surface area contributed by atoms with E-state index in [4.69, 9.17) is 10.5 Å². The monoisotopic (exact) mass is 238 g/mol. The maximum Gasteiger partial charge on any atom is 0.267 e. The second-order valence-electron chi connectivity index (χ2n) is 3.44. The lowest BCUT2D eigenvalue weighted by atomic mass is 10.3. The Balaban J connectivity index is 2.27. The van der Waals surface area contributed by atoms with Crippen molar-refractivity contribution in [1.82, 2.24) is 10.3 Å². The molecule has 4 N–H and O–H groups in total. The minimum absolute atomic E-state index is 0.266. The first kappa shape index (κ1) is 13.4. The first-order valence-electron chi connectivity index (χ1n) is 5.44. The second kappa shape index (κ2) is 7.59.